The Hall–Kier alpha value is -1.93. The Morgan fingerprint density at radius 3 is 3.17 bits per heavy atom. The van der Waals surface area contributed by atoms with Crippen LogP contribution in [0.15, 0.2) is 18.3 Å². The largest absolute Gasteiger partial charge is 0.377 e. The molecule has 0 spiro atoms. The molecule has 0 aliphatic carbocycles. The predicted molar refractivity (Wildman–Crippen MR) is 65.1 cm³/mol. The van der Waals surface area contributed by atoms with Crippen LogP contribution in [-0.4, -0.2) is 27.3 Å². The van der Waals surface area contributed by atoms with Crippen molar-refractivity contribution in [3.05, 3.63) is 29.7 Å². The number of hydrogen-bond acceptors (Lipinski definition) is 4. The van der Waals surface area contributed by atoms with Crippen LogP contribution in [0.3, 0.4) is 0 Å². The zero-order valence-electron chi connectivity index (χ0n) is 10.2. The van der Waals surface area contributed by atoms with Gasteiger partial charge in [0, 0.05) is 18.7 Å². The van der Waals surface area contributed by atoms with E-state index >= 15 is 0 Å². The van der Waals surface area contributed by atoms with Crippen LogP contribution in [0.1, 0.15) is 37.1 Å². The minimum Gasteiger partial charge on any atom is -0.377 e. The molecule has 5 heteroatoms. The molecule has 1 fully saturated rings. The molecule has 5 nitrogen and oxygen atoms in total. The van der Waals surface area contributed by atoms with Gasteiger partial charge >= 0.3 is 0 Å². The summed E-state index contributed by atoms with van der Waals surface area (Å²) >= 11 is 0. The number of pyridine rings is 1. The standard InChI is InChI=1S/C13H14N4O/c1-2-11-10(5-6-18-11)13-16-15-12-4-3-9(7-14)8-17(12)13/h3-4,8,10-11H,2,5-6H2,1H3. The lowest BCUT2D eigenvalue weighted by molar-refractivity contribution is 0.0992. The highest BCUT2D eigenvalue weighted by molar-refractivity contribution is 5.43. The number of ether oxygens (including phenoxy) is 1. The fourth-order valence-corrected chi connectivity index (χ4v) is 2.57. The molecule has 0 N–H and O–H groups in total. The van der Waals surface area contributed by atoms with Crippen molar-refractivity contribution < 1.29 is 4.74 Å². The van der Waals surface area contributed by atoms with Crippen molar-refractivity contribution in [1.29, 1.82) is 5.26 Å². The summed E-state index contributed by atoms with van der Waals surface area (Å²) in [4.78, 5) is 0. The smallest absolute Gasteiger partial charge is 0.160 e. The van der Waals surface area contributed by atoms with Gasteiger partial charge in [0.2, 0.25) is 0 Å². The van der Waals surface area contributed by atoms with Crippen LogP contribution in [0, 0.1) is 11.3 Å². The second-order valence-electron chi connectivity index (χ2n) is 4.53. The second-order valence-corrected chi connectivity index (χ2v) is 4.53. The molecule has 18 heavy (non-hydrogen) atoms. The van der Waals surface area contributed by atoms with Crippen LogP contribution >= 0.6 is 0 Å². The molecule has 2 atom stereocenters. The highest BCUT2D eigenvalue weighted by atomic mass is 16.5. The fraction of sp³-hybridized carbons (Fsp3) is 0.462. The molecule has 1 saturated heterocycles. The van der Waals surface area contributed by atoms with Crippen LogP contribution in [0.25, 0.3) is 5.65 Å². The van der Waals surface area contributed by atoms with Gasteiger partial charge in [0.05, 0.1) is 11.7 Å². The van der Waals surface area contributed by atoms with Gasteiger partial charge in [-0.25, -0.2) is 0 Å². The third-order valence-corrected chi connectivity index (χ3v) is 3.50. The minimum atomic E-state index is 0.211. The van der Waals surface area contributed by atoms with Crippen molar-refractivity contribution in [2.75, 3.05) is 6.61 Å². The molecule has 0 aromatic carbocycles. The third kappa shape index (κ3) is 1.66. The summed E-state index contributed by atoms with van der Waals surface area (Å²) in [5.41, 5.74) is 1.40. The van der Waals surface area contributed by atoms with Gasteiger partial charge in [-0.2, -0.15) is 5.26 Å². The quantitative estimate of drug-likeness (QED) is 0.806. The summed E-state index contributed by atoms with van der Waals surface area (Å²) in [6.07, 6.45) is 3.95. The average molecular weight is 242 g/mol. The molecule has 92 valence electrons. The first-order valence-electron chi connectivity index (χ1n) is 6.20. The van der Waals surface area contributed by atoms with E-state index in [1.165, 1.54) is 0 Å². The van der Waals surface area contributed by atoms with E-state index in [-0.39, 0.29) is 12.0 Å². The highest BCUT2D eigenvalue weighted by Gasteiger charge is 2.31. The van der Waals surface area contributed by atoms with Gasteiger partial charge in [-0.3, -0.25) is 4.40 Å². The van der Waals surface area contributed by atoms with Crippen LogP contribution in [0.5, 0.6) is 0 Å². The summed E-state index contributed by atoms with van der Waals surface area (Å²) in [6.45, 7) is 2.89. The van der Waals surface area contributed by atoms with Crippen molar-refractivity contribution >= 4 is 5.65 Å². The van der Waals surface area contributed by atoms with E-state index in [1.54, 1.807) is 12.3 Å². The normalized spacial score (nSPS) is 23.3. The SMILES string of the molecule is CCC1OCCC1c1nnc2ccc(C#N)cn12. The average Bonchev–Trinajstić information content (AvgIpc) is 3.03. The van der Waals surface area contributed by atoms with Gasteiger partial charge in [0.25, 0.3) is 0 Å². The summed E-state index contributed by atoms with van der Waals surface area (Å²) in [7, 11) is 0. The van der Waals surface area contributed by atoms with Crippen molar-refractivity contribution in [2.24, 2.45) is 0 Å². The Labute approximate surface area is 105 Å². The molecular weight excluding hydrogens is 228 g/mol. The Balaban J connectivity index is 2.09. The molecule has 0 bridgehead atoms. The summed E-state index contributed by atoms with van der Waals surface area (Å²) in [5.74, 6) is 1.19. The molecule has 2 aromatic rings. The third-order valence-electron chi connectivity index (χ3n) is 3.50. The zero-order valence-corrected chi connectivity index (χ0v) is 10.2. The van der Waals surface area contributed by atoms with Gasteiger partial charge in [0.1, 0.15) is 11.9 Å². The predicted octanol–water partition coefficient (Wildman–Crippen LogP) is 1.88. The number of nitrogens with zero attached hydrogens (tertiary/aromatic N) is 4. The van der Waals surface area contributed by atoms with E-state index in [4.69, 9.17) is 10.00 Å². The summed E-state index contributed by atoms with van der Waals surface area (Å²) < 4.78 is 7.62. The maximum absolute atomic E-state index is 8.96. The lowest BCUT2D eigenvalue weighted by atomic mass is 9.99. The number of aromatic nitrogens is 3. The molecule has 1 aliphatic heterocycles. The fourth-order valence-electron chi connectivity index (χ4n) is 2.57. The summed E-state index contributed by atoms with van der Waals surface area (Å²) in [5, 5.41) is 17.4. The molecular formula is C13H14N4O. The van der Waals surface area contributed by atoms with E-state index in [9.17, 15) is 0 Å². The minimum absolute atomic E-state index is 0.211. The number of rotatable bonds is 2. The Morgan fingerprint density at radius 2 is 2.39 bits per heavy atom. The lowest BCUT2D eigenvalue weighted by Crippen LogP contribution is -2.15. The molecule has 0 radical (unpaired) electrons. The maximum Gasteiger partial charge on any atom is 0.160 e. The molecule has 3 heterocycles. The lowest BCUT2D eigenvalue weighted by Gasteiger charge is -2.14. The van der Waals surface area contributed by atoms with Crippen molar-refractivity contribution in [3.8, 4) is 6.07 Å². The number of fused-ring (bicyclic) bond motifs is 1. The summed E-state index contributed by atoms with van der Waals surface area (Å²) in [6, 6.07) is 5.73. The second kappa shape index (κ2) is 4.39. The first-order chi connectivity index (χ1) is 8.83. The monoisotopic (exact) mass is 242 g/mol. The molecule has 0 saturated carbocycles. The molecule has 1 aliphatic rings. The molecule has 2 unspecified atom stereocenters. The van der Waals surface area contributed by atoms with Gasteiger partial charge in [-0.15, -0.1) is 10.2 Å². The van der Waals surface area contributed by atoms with E-state index in [1.807, 2.05) is 10.5 Å². The Bertz CT molecular complexity index is 613. The number of hydrogen-bond donors (Lipinski definition) is 0. The van der Waals surface area contributed by atoms with Crippen molar-refractivity contribution in [1.82, 2.24) is 14.6 Å². The topological polar surface area (TPSA) is 63.2 Å². The maximum atomic E-state index is 8.96. The van der Waals surface area contributed by atoms with Crippen LogP contribution < -0.4 is 0 Å². The molecule has 2 aromatic heterocycles. The highest BCUT2D eigenvalue weighted by Crippen LogP contribution is 2.32. The van der Waals surface area contributed by atoms with E-state index in [0.29, 0.717) is 5.56 Å². The first-order valence-corrected chi connectivity index (χ1v) is 6.20. The Kier molecular flexibility index (Phi) is 2.73. The molecule has 3 rings (SSSR count). The zero-order chi connectivity index (χ0) is 12.5. The number of nitriles is 1. The van der Waals surface area contributed by atoms with E-state index < -0.39 is 0 Å². The molecule has 0 amide bonds. The van der Waals surface area contributed by atoms with Gasteiger partial charge in [-0.1, -0.05) is 6.92 Å². The van der Waals surface area contributed by atoms with Gasteiger partial charge < -0.3 is 4.74 Å². The van der Waals surface area contributed by atoms with Gasteiger partial charge in [0.15, 0.2) is 5.65 Å². The van der Waals surface area contributed by atoms with Crippen molar-refractivity contribution in [3.63, 3.8) is 0 Å². The van der Waals surface area contributed by atoms with Crippen LogP contribution in [0.2, 0.25) is 0 Å². The first kappa shape index (κ1) is 11.2. The van der Waals surface area contributed by atoms with Gasteiger partial charge in [-0.05, 0) is 25.0 Å². The Morgan fingerprint density at radius 1 is 1.50 bits per heavy atom. The van der Waals surface area contributed by atoms with E-state index in [2.05, 4.69) is 23.2 Å². The van der Waals surface area contributed by atoms with Crippen LogP contribution in [-0.2, 0) is 4.74 Å². The van der Waals surface area contributed by atoms with Crippen molar-refractivity contribution in [2.45, 2.75) is 31.8 Å². The van der Waals surface area contributed by atoms with Crippen LogP contribution in [0.4, 0.5) is 0 Å². The van der Waals surface area contributed by atoms with E-state index in [0.717, 1.165) is 30.9 Å².